The molecular weight excluding hydrogens is 518 g/mol. The van der Waals surface area contributed by atoms with Crippen molar-refractivity contribution in [2.24, 2.45) is 22.9 Å². The van der Waals surface area contributed by atoms with Crippen molar-refractivity contribution in [3.05, 3.63) is 0 Å². The molecule has 0 saturated heterocycles. The van der Waals surface area contributed by atoms with E-state index in [1.54, 1.807) is 7.11 Å². The molecule has 42 heavy (non-hydrogen) atoms. The number of hydrogen-bond acceptors (Lipinski definition) is 6. The number of ether oxygens (including phenoxy) is 1. The predicted octanol–water partition coefficient (Wildman–Crippen LogP) is 9.13. The Hall–Kier alpha value is -0.240. The molecular formula is C36H85N5O. The fourth-order valence-electron chi connectivity index (χ4n) is 4.28. The van der Waals surface area contributed by atoms with Crippen LogP contribution in [-0.4, -0.2) is 57.0 Å². The maximum Gasteiger partial charge on any atom is 0.104 e. The molecule has 6 nitrogen and oxygen atoms in total. The quantitative estimate of drug-likeness (QED) is 0.0768. The van der Waals surface area contributed by atoms with E-state index >= 15 is 0 Å². The summed E-state index contributed by atoms with van der Waals surface area (Å²) in [6, 6.07) is 0.536. The van der Waals surface area contributed by atoms with Gasteiger partial charge in [0, 0.05) is 13.2 Å². The molecule has 0 amide bonds. The van der Waals surface area contributed by atoms with Crippen LogP contribution in [0.4, 0.5) is 0 Å². The summed E-state index contributed by atoms with van der Waals surface area (Å²) in [5.41, 5.74) is 21.5. The zero-order valence-corrected chi connectivity index (χ0v) is 30.4. The van der Waals surface area contributed by atoms with Crippen LogP contribution >= 0.6 is 0 Å². The van der Waals surface area contributed by atoms with Crippen LogP contribution < -0.4 is 22.9 Å². The smallest absolute Gasteiger partial charge is 0.104 e. The minimum atomic E-state index is -0.0648. The van der Waals surface area contributed by atoms with Crippen molar-refractivity contribution in [1.82, 2.24) is 4.90 Å². The molecule has 1 unspecified atom stereocenters. The molecule has 0 aromatic carbocycles. The molecule has 1 rings (SSSR count). The van der Waals surface area contributed by atoms with Gasteiger partial charge < -0.3 is 32.6 Å². The average molecular weight is 604 g/mol. The lowest BCUT2D eigenvalue weighted by Gasteiger charge is -2.21. The first-order valence-electron chi connectivity index (χ1n) is 18.5. The number of rotatable bonds is 21. The summed E-state index contributed by atoms with van der Waals surface area (Å²) < 4.78 is 4.68. The monoisotopic (exact) mass is 604 g/mol. The zero-order chi connectivity index (χ0) is 32.5. The van der Waals surface area contributed by atoms with E-state index in [2.05, 4.69) is 44.3 Å². The minimum absolute atomic E-state index is 0.0648. The van der Waals surface area contributed by atoms with Gasteiger partial charge in [-0.2, -0.15) is 0 Å². The van der Waals surface area contributed by atoms with Crippen LogP contribution in [0.3, 0.4) is 0 Å². The lowest BCUT2D eigenvalue weighted by molar-refractivity contribution is 0.105. The van der Waals surface area contributed by atoms with E-state index in [0.717, 1.165) is 19.5 Å². The van der Waals surface area contributed by atoms with Crippen LogP contribution in [0.15, 0.2) is 0 Å². The third kappa shape index (κ3) is 52.4. The van der Waals surface area contributed by atoms with E-state index in [0.29, 0.717) is 6.04 Å². The molecule has 1 fully saturated rings. The highest BCUT2D eigenvalue weighted by Gasteiger charge is 2.06. The summed E-state index contributed by atoms with van der Waals surface area (Å²) in [5, 5.41) is 0. The number of hydrogen-bond donors (Lipinski definition) is 4. The van der Waals surface area contributed by atoms with Gasteiger partial charge in [0.05, 0.1) is 0 Å². The average Bonchev–Trinajstić information content (AvgIpc) is 3.02. The summed E-state index contributed by atoms with van der Waals surface area (Å²) >= 11 is 0. The Morgan fingerprint density at radius 1 is 0.571 bits per heavy atom. The molecule has 0 spiro atoms. The van der Waals surface area contributed by atoms with E-state index < -0.39 is 0 Å². The maximum atomic E-state index is 5.63. The molecule has 6 heteroatoms. The van der Waals surface area contributed by atoms with Crippen molar-refractivity contribution in [1.29, 1.82) is 0 Å². The first-order valence-corrected chi connectivity index (χ1v) is 18.5. The van der Waals surface area contributed by atoms with Crippen LogP contribution in [0, 0.1) is 0 Å². The molecule has 1 aliphatic rings. The van der Waals surface area contributed by atoms with Gasteiger partial charge >= 0.3 is 0 Å². The van der Waals surface area contributed by atoms with Gasteiger partial charge in [-0.15, -0.1) is 0 Å². The lowest BCUT2D eigenvalue weighted by atomic mass is 9.97. The third-order valence-electron chi connectivity index (χ3n) is 7.45. The van der Waals surface area contributed by atoms with Gasteiger partial charge in [-0.05, 0) is 84.1 Å². The second-order valence-corrected chi connectivity index (χ2v) is 11.9. The molecule has 1 saturated carbocycles. The van der Waals surface area contributed by atoms with Gasteiger partial charge in [0.15, 0.2) is 0 Å². The Labute approximate surface area is 267 Å². The largest absolute Gasteiger partial charge is 0.367 e. The van der Waals surface area contributed by atoms with Crippen molar-refractivity contribution in [2.75, 3.05) is 39.8 Å². The van der Waals surface area contributed by atoms with Crippen molar-refractivity contribution in [3.63, 3.8) is 0 Å². The fourth-order valence-corrected chi connectivity index (χ4v) is 4.28. The van der Waals surface area contributed by atoms with E-state index in [1.165, 1.54) is 154 Å². The predicted molar refractivity (Wildman–Crippen MR) is 193 cm³/mol. The number of methoxy groups -OCH3 is 1. The summed E-state index contributed by atoms with van der Waals surface area (Å²) in [7, 11) is 1.61. The van der Waals surface area contributed by atoms with Crippen LogP contribution in [0.5, 0.6) is 0 Å². The summed E-state index contributed by atoms with van der Waals surface area (Å²) in [4.78, 5) is 2.64. The van der Waals surface area contributed by atoms with Crippen molar-refractivity contribution >= 4 is 0 Å². The molecule has 0 radical (unpaired) electrons. The SMILES string of the molecule is CCC(N)OC.CCCCCCCCN.CCCCCCN.CCCCN(CCCC)CCCC.NC1CCCCC1. The lowest BCUT2D eigenvalue weighted by Crippen LogP contribution is -2.27. The van der Waals surface area contributed by atoms with Crippen LogP contribution in [0.1, 0.15) is 183 Å². The van der Waals surface area contributed by atoms with E-state index in [-0.39, 0.29) is 6.23 Å². The summed E-state index contributed by atoms with van der Waals surface area (Å²) in [6.07, 6.45) is 28.8. The maximum absolute atomic E-state index is 5.63. The highest BCUT2D eigenvalue weighted by atomic mass is 16.5. The van der Waals surface area contributed by atoms with Gasteiger partial charge in [-0.1, -0.05) is 131 Å². The second kappa shape index (κ2) is 47.7. The van der Waals surface area contributed by atoms with E-state index in [4.69, 9.17) is 22.9 Å². The summed E-state index contributed by atoms with van der Waals surface area (Å²) in [6.45, 7) is 18.9. The zero-order valence-electron chi connectivity index (χ0n) is 30.4. The molecule has 260 valence electrons. The van der Waals surface area contributed by atoms with Gasteiger partial charge in [0.2, 0.25) is 0 Å². The Morgan fingerprint density at radius 2 is 0.929 bits per heavy atom. The van der Waals surface area contributed by atoms with Gasteiger partial charge in [0.1, 0.15) is 6.23 Å². The number of nitrogens with two attached hydrogens (primary N) is 4. The number of nitrogens with zero attached hydrogens (tertiary/aromatic N) is 1. The first-order chi connectivity index (χ1) is 20.4. The van der Waals surface area contributed by atoms with Crippen molar-refractivity contribution < 1.29 is 4.74 Å². The van der Waals surface area contributed by atoms with E-state index in [9.17, 15) is 0 Å². The molecule has 1 atom stereocenters. The standard InChI is InChI=1S/C12H27N.C8H19N.C6H13N.C6H15N.C4H11NO/c1-4-7-10-13(11-8-5-2)12-9-6-3;1-2-3-4-5-6-7-8-9;7-6-4-2-1-3-5-6;1-2-3-4-5-6-7;1-3-4(5)6-2/h4-12H2,1-3H3;2-9H2,1H3;6H,1-5,7H2;2-7H2,1H3;4H,3,5H2,1-2H3. The minimum Gasteiger partial charge on any atom is -0.367 e. The second-order valence-electron chi connectivity index (χ2n) is 11.9. The van der Waals surface area contributed by atoms with Crippen LogP contribution in [0.2, 0.25) is 0 Å². The third-order valence-corrected chi connectivity index (χ3v) is 7.45. The molecule has 0 heterocycles. The molecule has 0 bridgehead atoms. The topological polar surface area (TPSA) is 117 Å². The van der Waals surface area contributed by atoms with E-state index in [1.807, 2.05) is 6.92 Å². The summed E-state index contributed by atoms with van der Waals surface area (Å²) in [5.74, 6) is 0. The normalized spacial score (nSPS) is 13.4. The van der Waals surface area contributed by atoms with Gasteiger partial charge in [-0.25, -0.2) is 0 Å². The van der Waals surface area contributed by atoms with Crippen molar-refractivity contribution in [3.8, 4) is 0 Å². The first kappa shape index (κ1) is 48.7. The Balaban J connectivity index is -0.000000222. The van der Waals surface area contributed by atoms with Gasteiger partial charge in [-0.3, -0.25) is 0 Å². The molecule has 0 aromatic rings. The Bertz CT molecular complexity index is 375. The fraction of sp³-hybridized carbons (Fsp3) is 1.00. The molecule has 8 N–H and O–H groups in total. The Kier molecular flexibility index (Phi) is 55.2. The van der Waals surface area contributed by atoms with Crippen molar-refractivity contribution in [2.45, 2.75) is 195 Å². The highest BCUT2D eigenvalue weighted by molar-refractivity contribution is 4.66. The number of unbranched alkanes of at least 4 members (excludes halogenated alkanes) is 11. The van der Waals surface area contributed by atoms with Gasteiger partial charge in [0.25, 0.3) is 0 Å². The molecule has 0 aromatic heterocycles. The highest BCUT2D eigenvalue weighted by Crippen LogP contribution is 2.14. The van der Waals surface area contributed by atoms with Crippen LogP contribution in [-0.2, 0) is 4.74 Å². The molecule has 0 aliphatic heterocycles. The Morgan fingerprint density at radius 3 is 1.19 bits per heavy atom. The van der Waals surface area contributed by atoms with Crippen LogP contribution in [0.25, 0.3) is 0 Å². The molecule has 1 aliphatic carbocycles.